The largest absolute Gasteiger partial charge is 0.699 e. The lowest BCUT2D eigenvalue weighted by Gasteiger charge is -2.35. The summed E-state index contributed by atoms with van der Waals surface area (Å²) >= 11 is 0. The van der Waals surface area contributed by atoms with E-state index in [1.54, 1.807) is 20.8 Å². The number of benzene rings is 2. The summed E-state index contributed by atoms with van der Waals surface area (Å²) < 4.78 is 105. The van der Waals surface area contributed by atoms with Crippen molar-refractivity contribution in [3.63, 3.8) is 0 Å². The van der Waals surface area contributed by atoms with Crippen LogP contribution in [0.1, 0.15) is 56.9 Å². The van der Waals surface area contributed by atoms with E-state index >= 15 is 0 Å². The molecule has 0 N–H and O–H groups in total. The highest BCUT2D eigenvalue weighted by atomic mass is 31.1. The van der Waals surface area contributed by atoms with Gasteiger partial charge in [-0.05, 0) is 82.5 Å². The van der Waals surface area contributed by atoms with Crippen molar-refractivity contribution in [1.29, 1.82) is 0 Å². The molecule has 0 bridgehead atoms. The fourth-order valence-electron chi connectivity index (χ4n) is 5.42. The van der Waals surface area contributed by atoms with E-state index in [0.29, 0.717) is 55.4 Å². The van der Waals surface area contributed by atoms with Crippen molar-refractivity contribution in [3.05, 3.63) is 77.0 Å². The molecule has 3 aromatic rings. The Kier molecular flexibility index (Phi) is 11.2. The van der Waals surface area contributed by atoms with E-state index in [-0.39, 0.29) is 12.8 Å². The zero-order valence-corrected chi connectivity index (χ0v) is 29.3. The van der Waals surface area contributed by atoms with Crippen LogP contribution in [0, 0.1) is 6.92 Å². The molecular formula is C34H40F6N4O4P+. The van der Waals surface area contributed by atoms with Crippen LogP contribution in [0.15, 0.2) is 54.7 Å². The van der Waals surface area contributed by atoms with Gasteiger partial charge in [-0.15, -0.1) is 9.05 Å². The van der Waals surface area contributed by atoms with E-state index in [9.17, 15) is 35.7 Å². The van der Waals surface area contributed by atoms with Gasteiger partial charge in [-0.2, -0.15) is 26.3 Å². The van der Waals surface area contributed by atoms with Crippen molar-refractivity contribution in [2.75, 3.05) is 49.8 Å². The zero-order valence-electron chi connectivity index (χ0n) is 28.4. The van der Waals surface area contributed by atoms with Gasteiger partial charge < -0.3 is 9.80 Å². The lowest BCUT2D eigenvalue weighted by atomic mass is 9.81. The van der Waals surface area contributed by atoms with Gasteiger partial charge in [0, 0.05) is 43.4 Å². The highest BCUT2D eigenvalue weighted by molar-refractivity contribution is 7.33. The monoisotopic (exact) mass is 713 g/mol. The minimum Gasteiger partial charge on any atom is -0.354 e. The molecule has 1 aliphatic rings. The molecule has 1 unspecified atom stereocenters. The Morgan fingerprint density at radius 2 is 1.41 bits per heavy atom. The molecule has 0 spiro atoms. The number of anilines is 2. The van der Waals surface area contributed by atoms with Gasteiger partial charge in [0.15, 0.2) is 6.73 Å². The van der Waals surface area contributed by atoms with Gasteiger partial charge in [-0.1, -0.05) is 24.3 Å². The van der Waals surface area contributed by atoms with E-state index < -0.39 is 54.2 Å². The molecule has 0 saturated carbocycles. The maximum atomic E-state index is 14.0. The highest BCUT2D eigenvalue weighted by Crippen LogP contribution is 2.41. The maximum Gasteiger partial charge on any atom is 0.699 e. The van der Waals surface area contributed by atoms with Crippen LogP contribution in [0.2, 0.25) is 0 Å². The van der Waals surface area contributed by atoms with E-state index in [2.05, 4.69) is 4.98 Å². The molecular weight excluding hydrogens is 673 g/mol. The molecule has 0 radical (unpaired) electrons. The topological polar surface area (TPSA) is 75.2 Å². The van der Waals surface area contributed by atoms with Gasteiger partial charge in [0.25, 0.3) is 0 Å². The number of hydrogen-bond acceptors (Lipinski definition) is 7. The van der Waals surface area contributed by atoms with Crippen molar-refractivity contribution < 1.29 is 44.7 Å². The van der Waals surface area contributed by atoms with Gasteiger partial charge in [0.1, 0.15) is 11.4 Å². The van der Waals surface area contributed by atoms with Gasteiger partial charge in [0.2, 0.25) is 5.91 Å². The van der Waals surface area contributed by atoms with Crippen molar-refractivity contribution in [1.82, 2.24) is 9.88 Å². The smallest absolute Gasteiger partial charge is 0.354 e. The van der Waals surface area contributed by atoms with Crippen LogP contribution in [-0.4, -0.2) is 61.3 Å². The summed E-state index contributed by atoms with van der Waals surface area (Å²) in [6.45, 7) is 12.2. The first-order valence-electron chi connectivity index (χ1n) is 15.5. The average Bonchev–Trinajstić information content (AvgIpc) is 3.01. The Morgan fingerprint density at radius 3 is 1.94 bits per heavy atom. The van der Waals surface area contributed by atoms with Gasteiger partial charge in [-0.3, -0.25) is 9.69 Å². The summed E-state index contributed by atoms with van der Waals surface area (Å²) in [4.78, 5) is 23.9. The number of aromatic nitrogens is 1. The van der Waals surface area contributed by atoms with E-state index in [1.165, 1.54) is 32.0 Å². The summed E-state index contributed by atoms with van der Waals surface area (Å²) in [7, 11) is -0.860. The summed E-state index contributed by atoms with van der Waals surface area (Å²) in [6.07, 6.45) is -8.63. The predicted octanol–water partition coefficient (Wildman–Crippen LogP) is 8.60. The normalized spacial score (nSPS) is 15.4. The Bertz CT molecular complexity index is 1650. The number of carbonyl (C=O) groups excluding carboxylic acids is 1. The second-order valence-corrected chi connectivity index (χ2v) is 14.3. The fourth-order valence-corrected chi connectivity index (χ4v) is 6.18. The molecule has 4 rings (SSSR count). The zero-order chi connectivity index (χ0) is 36.5. The second kappa shape index (κ2) is 14.3. The predicted molar refractivity (Wildman–Crippen MR) is 175 cm³/mol. The third kappa shape index (κ3) is 9.36. The van der Waals surface area contributed by atoms with Gasteiger partial charge >= 0.3 is 20.6 Å². The van der Waals surface area contributed by atoms with Crippen molar-refractivity contribution in [2.45, 2.75) is 64.9 Å². The maximum absolute atomic E-state index is 14.0. The molecule has 1 aliphatic heterocycles. The Balaban J connectivity index is 1.63. The molecule has 0 aliphatic carbocycles. The van der Waals surface area contributed by atoms with E-state index in [1.807, 2.05) is 47.1 Å². The third-order valence-corrected chi connectivity index (χ3v) is 9.23. The highest BCUT2D eigenvalue weighted by Gasteiger charge is 2.41. The quantitative estimate of drug-likeness (QED) is 0.162. The molecule has 8 nitrogen and oxygen atoms in total. The molecule has 1 saturated heterocycles. The summed E-state index contributed by atoms with van der Waals surface area (Å²) in [5.41, 5.74) is -3.23. The number of halogens is 6. The number of hydrogen-bond donors (Lipinski definition) is 0. The molecule has 15 heteroatoms. The van der Waals surface area contributed by atoms with Crippen LogP contribution in [0.4, 0.5) is 37.8 Å². The first-order valence-corrected chi connectivity index (χ1v) is 16.6. The summed E-state index contributed by atoms with van der Waals surface area (Å²) in [6, 6.07) is 10.5. The summed E-state index contributed by atoms with van der Waals surface area (Å²) in [5, 5.41) is 0. The van der Waals surface area contributed by atoms with Crippen molar-refractivity contribution in [3.8, 4) is 11.1 Å². The Hall–Kier alpha value is -3.58. The second-order valence-electron chi connectivity index (χ2n) is 13.4. The minimum atomic E-state index is -5.06. The molecule has 2 heterocycles. The van der Waals surface area contributed by atoms with Crippen LogP contribution >= 0.6 is 8.25 Å². The minimum absolute atomic E-state index is 0.0441. The SMILES string of the molecule is Cc1ccccc1-c1cc(N2CCN(CO[P+](=O)OC(C)(C)C)CC2)ncc1N(C)C(=O)C(C)(C)c1cc(C(F)(F)F)cc(C(F)(F)F)c1. The molecule has 1 amide bonds. The number of likely N-dealkylation sites (N-methyl/N-ethyl adjacent to an activating group) is 1. The number of piperazine rings is 1. The lowest BCUT2D eigenvalue weighted by molar-refractivity contribution is -0.143. The van der Waals surface area contributed by atoms with E-state index in [4.69, 9.17) is 9.05 Å². The summed E-state index contributed by atoms with van der Waals surface area (Å²) in [5.74, 6) is -0.121. The number of amides is 1. The molecule has 1 fully saturated rings. The van der Waals surface area contributed by atoms with Crippen molar-refractivity contribution >= 4 is 25.7 Å². The number of pyridine rings is 1. The third-order valence-electron chi connectivity index (χ3n) is 8.20. The molecule has 1 aromatic heterocycles. The van der Waals surface area contributed by atoms with Crippen molar-refractivity contribution in [2.24, 2.45) is 0 Å². The standard InChI is InChI=1S/C34H40F6N4O4P/c1-22-10-8-9-11-26(22)27-19-29(44-14-12-43(13-15-44)21-47-49(46)48-31(2,3)4)41-20-28(27)42(7)30(45)32(5,6)23-16-24(33(35,36)37)18-25(17-23)34(38,39)40/h8-11,16-20H,12-15,21H2,1-7H3/q+1. The van der Waals surface area contributed by atoms with Gasteiger partial charge in [-0.25, -0.2) is 4.98 Å². The molecule has 2 aromatic carbocycles. The Labute approximate surface area is 283 Å². The number of carbonyl (C=O) groups is 1. The molecule has 266 valence electrons. The number of rotatable bonds is 9. The lowest BCUT2D eigenvalue weighted by Crippen LogP contribution is -2.47. The van der Waals surface area contributed by atoms with Gasteiger partial charge in [0.05, 0.1) is 28.4 Å². The average molecular weight is 714 g/mol. The Morgan fingerprint density at radius 1 is 0.857 bits per heavy atom. The molecule has 1 atom stereocenters. The van der Waals surface area contributed by atoms with Crippen LogP contribution in [0.5, 0.6) is 0 Å². The first kappa shape index (κ1) is 38.2. The van der Waals surface area contributed by atoms with Crippen LogP contribution in [-0.2, 0) is 36.2 Å². The molecule has 49 heavy (non-hydrogen) atoms. The van der Waals surface area contributed by atoms with E-state index in [0.717, 1.165) is 11.1 Å². The fraction of sp³-hybridized carbons (Fsp3) is 0.471. The van der Waals surface area contributed by atoms with Crippen LogP contribution < -0.4 is 9.80 Å². The number of alkyl halides is 6. The number of aryl methyl sites for hydroxylation is 1. The first-order chi connectivity index (χ1) is 22.6. The van der Waals surface area contributed by atoms with Crippen LogP contribution in [0.25, 0.3) is 11.1 Å². The number of nitrogens with zero attached hydrogens (tertiary/aromatic N) is 4. The van der Waals surface area contributed by atoms with Crippen LogP contribution in [0.3, 0.4) is 0 Å².